The van der Waals surface area contributed by atoms with Crippen molar-refractivity contribution in [3.63, 3.8) is 0 Å². The molecule has 2 rings (SSSR count). The molecule has 0 aliphatic rings. The molecule has 0 aliphatic heterocycles. The standard InChI is InChI=1S/C17H19NO5S/c1-11-5-7-15(24-11)13(19)6-8-17(21)23-10-16(20)18-12(2)14-4-3-9-22-14/h3-5,7,9,12H,6,8,10H2,1-2H3,(H,18,20)/t12-/m1/s1. The van der Waals surface area contributed by atoms with Gasteiger partial charge in [0.25, 0.3) is 5.91 Å². The Hall–Kier alpha value is -2.41. The molecule has 2 aromatic rings. The smallest absolute Gasteiger partial charge is 0.306 e. The SMILES string of the molecule is Cc1ccc(C(=O)CCC(=O)OCC(=O)N[C@H](C)c2ccco2)s1. The minimum atomic E-state index is -0.572. The number of hydrogen-bond acceptors (Lipinski definition) is 6. The summed E-state index contributed by atoms with van der Waals surface area (Å²) >= 11 is 1.40. The van der Waals surface area contributed by atoms with Gasteiger partial charge >= 0.3 is 5.97 Å². The van der Waals surface area contributed by atoms with Gasteiger partial charge < -0.3 is 14.5 Å². The number of carbonyl (C=O) groups excluding carboxylic acids is 3. The third kappa shape index (κ3) is 5.34. The van der Waals surface area contributed by atoms with Gasteiger partial charge in [-0.1, -0.05) is 0 Å². The van der Waals surface area contributed by atoms with E-state index in [0.717, 1.165) is 4.88 Å². The van der Waals surface area contributed by atoms with Crippen molar-refractivity contribution in [1.82, 2.24) is 5.32 Å². The summed E-state index contributed by atoms with van der Waals surface area (Å²) in [5.41, 5.74) is 0. The monoisotopic (exact) mass is 349 g/mol. The van der Waals surface area contributed by atoms with E-state index in [1.54, 1.807) is 25.1 Å². The van der Waals surface area contributed by atoms with Crippen molar-refractivity contribution >= 4 is 29.0 Å². The normalized spacial score (nSPS) is 11.8. The van der Waals surface area contributed by atoms with Crippen LogP contribution in [0.5, 0.6) is 0 Å². The number of carbonyl (C=O) groups is 3. The second-order valence-electron chi connectivity index (χ2n) is 5.30. The molecule has 6 nitrogen and oxygen atoms in total. The fourth-order valence-electron chi connectivity index (χ4n) is 2.03. The van der Waals surface area contributed by atoms with Gasteiger partial charge in [-0.3, -0.25) is 14.4 Å². The van der Waals surface area contributed by atoms with Crippen LogP contribution in [0.25, 0.3) is 0 Å². The highest BCUT2D eigenvalue weighted by atomic mass is 32.1. The van der Waals surface area contributed by atoms with Crippen LogP contribution in [0.2, 0.25) is 0 Å². The number of ether oxygens (including phenoxy) is 1. The zero-order valence-corrected chi connectivity index (χ0v) is 14.4. The number of ketones is 1. The number of rotatable bonds is 8. The van der Waals surface area contributed by atoms with E-state index in [1.165, 1.54) is 17.6 Å². The maximum atomic E-state index is 11.9. The maximum absolute atomic E-state index is 11.9. The summed E-state index contributed by atoms with van der Waals surface area (Å²) in [5, 5.41) is 2.66. The number of thiophene rings is 1. The van der Waals surface area contributed by atoms with E-state index < -0.39 is 11.9 Å². The summed E-state index contributed by atoms with van der Waals surface area (Å²) in [6.07, 6.45) is 1.55. The van der Waals surface area contributed by atoms with Crippen molar-refractivity contribution in [1.29, 1.82) is 0 Å². The first-order chi connectivity index (χ1) is 11.5. The summed E-state index contributed by atoms with van der Waals surface area (Å²) < 4.78 is 10.1. The van der Waals surface area contributed by atoms with E-state index in [2.05, 4.69) is 5.32 Å². The number of Topliss-reactive ketones (excluding diaryl/α,β-unsaturated/α-hetero) is 1. The van der Waals surface area contributed by atoms with Gasteiger partial charge in [0.05, 0.1) is 23.6 Å². The lowest BCUT2D eigenvalue weighted by molar-refractivity contribution is -0.148. The molecule has 0 saturated carbocycles. The Labute approximate surface area is 143 Å². The van der Waals surface area contributed by atoms with E-state index >= 15 is 0 Å². The Balaban J connectivity index is 1.67. The molecule has 24 heavy (non-hydrogen) atoms. The molecular formula is C17H19NO5S. The number of esters is 1. The van der Waals surface area contributed by atoms with Crippen LogP contribution < -0.4 is 5.32 Å². The number of amides is 1. The molecule has 1 atom stereocenters. The lowest BCUT2D eigenvalue weighted by atomic mass is 10.2. The lowest BCUT2D eigenvalue weighted by Gasteiger charge is -2.11. The van der Waals surface area contributed by atoms with Crippen LogP contribution in [0.1, 0.15) is 46.1 Å². The molecule has 0 radical (unpaired) electrons. The topological polar surface area (TPSA) is 85.6 Å². The van der Waals surface area contributed by atoms with Gasteiger partial charge in [0.1, 0.15) is 5.76 Å². The number of furan rings is 1. The fraction of sp³-hybridized carbons (Fsp3) is 0.353. The number of hydrogen-bond donors (Lipinski definition) is 1. The molecule has 2 heterocycles. The minimum absolute atomic E-state index is 0.0448. The molecule has 128 valence electrons. The highest BCUT2D eigenvalue weighted by Gasteiger charge is 2.15. The summed E-state index contributed by atoms with van der Waals surface area (Å²) in [7, 11) is 0. The number of nitrogens with one attached hydrogen (secondary N) is 1. The van der Waals surface area contributed by atoms with Crippen molar-refractivity contribution in [2.24, 2.45) is 0 Å². The van der Waals surface area contributed by atoms with Crippen LogP contribution in [-0.2, 0) is 14.3 Å². The van der Waals surface area contributed by atoms with Gasteiger partial charge in [0.15, 0.2) is 12.4 Å². The lowest BCUT2D eigenvalue weighted by Crippen LogP contribution is -2.31. The van der Waals surface area contributed by atoms with Crippen LogP contribution in [-0.4, -0.2) is 24.3 Å². The van der Waals surface area contributed by atoms with Gasteiger partial charge in [-0.2, -0.15) is 0 Å². The predicted octanol–water partition coefficient (Wildman–Crippen LogP) is 3.03. The quantitative estimate of drug-likeness (QED) is 0.585. The van der Waals surface area contributed by atoms with E-state index in [9.17, 15) is 14.4 Å². The second-order valence-corrected chi connectivity index (χ2v) is 6.59. The van der Waals surface area contributed by atoms with Crippen LogP contribution in [0.3, 0.4) is 0 Å². The zero-order chi connectivity index (χ0) is 17.5. The molecule has 1 amide bonds. The Bertz CT molecular complexity index is 704. The highest BCUT2D eigenvalue weighted by Crippen LogP contribution is 2.17. The fourth-order valence-corrected chi connectivity index (χ4v) is 2.87. The predicted molar refractivity (Wildman–Crippen MR) is 88.8 cm³/mol. The summed E-state index contributed by atoms with van der Waals surface area (Å²) in [6.45, 7) is 3.30. The van der Waals surface area contributed by atoms with Crippen LogP contribution >= 0.6 is 11.3 Å². The van der Waals surface area contributed by atoms with Crippen LogP contribution in [0.4, 0.5) is 0 Å². The van der Waals surface area contributed by atoms with E-state index in [0.29, 0.717) is 10.6 Å². The van der Waals surface area contributed by atoms with Gasteiger partial charge in [-0.25, -0.2) is 0 Å². The van der Waals surface area contributed by atoms with Gasteiger partial charge in [-0.05, 0) is 38.1 Å². The van der Waals surface area contributed by atoms with Crippen molar-refractivity contribution in [2.75, 3.05) is 6.61 Å². The Morgan fingerprint density at radius 3 is 2.67 bits per heavy atom. The van der Waals surface area contributed by atoms with E-state index in [4.69, 9.17) is 9.15 Å². The first kappa shape index (κ1) is 17.9. The molecule has 0 fully saturated rings. The second kappa shape index (κ2) is 8.44. The van der Waals surface area contributed by atoms with Gasteiger partial charge in [-0.15, -0.1) is 11.3 Å². The minimum Gasteiger partial charge on any atom is -0.467 e. The third-order valence-corrected chi connectivity index (χ3v) is 4.32. The Morgan fingerprint density at radius 1 is 1.25 bits per heavy atom. The molecule has 0 aliphatic carbocycles. The highest BCUT2D eigenvalue weighted by molar-refractivity contribution is 7.14. The average Bonchev–Trinajstić information content (AvgIpc) is 3.22. The van der Waals surface area contributed by atoms with E-state index in [-0.39, 0.29) is 31.3 Å². The van der Waals surface area contributed by atoms with Crippen molar-refractivity contribution in [3.8, 4) is 0 Å². The molecule has 0 aromatic carbocycles. The number of aryl methyl sites for hydroxylation is 1. The largest absolute Gasteiger partial charge is 0.467 e. The molecule has 1 N–H and O–H groups in total. The first-order valence-corrected chi connectivity index (χ1v) is 8.35. The summed E-state index contributed by atoms with van der Waals surface area (Å²) in [4.78, 5) is 36.9. The molecule has 0 saturated heterocycles. The molecular weight excluding hydrogens is 330 g/mol. The summed E-state index contributed by atoms with van der Waals surface area (Å²) in [5.74, 6) is -0.475. The third-order valence-electron chi connectivity index (χ3n) is 3.28. The summed E-state index contributed by atoms with van der Waals surface area (Å²) in [6, 6.07) is 6.77. The zero-order valence-electron chi connectivity index (χ0n) is 13.5. The molecule has 7 heteroatoms. The van der Waals surface area contributed by atoms with Crippen molar-refractivity contribution < 1.29 is 23.5 Å². The molecule has 0 bridgehead atoms. The molecule has 0 unspecified atom stereocenters. The van der Waals surface area contributed by atoms with E-state index in [1.807, 2.05) is 13.0 Å². The maximum Gasteiger partial charge on any atom is 0.306 e. The van der Waals surface area contributed by atoms with Gasteiger partial charge in [0, 0.05) is 11.3 Å². The Morgan fingerprint density at radius 2 is 2.04 bits per heavy atom. The molecule has 2 aromatic heterocycles. The van der Waals surface area contributed by atoms with Gasteiger partial charge in [0.2, 0.25) is 0 Å². The van der Waals surface area contributed by atoms with Crippen molar-refractivity contribution in [3.05, 3.63) is 46.0 Å². The van der Waals surface area contributed by atoms with Crippen molar-refractivity contribution in [2.45, 2.75) is 32.7 Å². The average molecular weight is 349 g/mol. The van der Waals surface area contributed by atoms with Crippen LogP contribution in [0.15, 0.2) is 34.9 Å². The first-order valence-electron chi connectivity index (χ1n) is 7.53. The van der Waals surface area contributed by atoms with Crippen LogP contribution in [0, 0.1) is 6.92 Å². The molecule has 0 spiro atoms. The Kier molecular flexibility index (Phi) is 6.31.